The number of anilines is 1. The molecule has 0 aliphatic heterocycles. The van der Waals surface area contributed by atoms with Crippen LogP contribution < -0.4 is 5.32 Å². The van der Waals surface area contributed by atoms with Crippen LogP contribution in [0, 0.1) is 6.92 Å². The lowest BCUT2D eigenvalue weighted by atomic mass is 10.2. The minimum atomic E-state index is -4.50. The van der Waals surface area contributed by atoms with Crippen LogP contribution in [0.1, 0.15) is 16.7 Å². The molecule has 3 rings (SSSR count). The van der Waals surface area contributed by atoms with Gasteiger partial charge in [0.25, 0.3) is 0 Å². The van der Waals surface area contributed by atoms with Gasteiger partial charge in [0.2, 0.25) is 15.9 Å². The number of hydrogen-bond acceptors (Lipinski definition) is 3. The second-order valence-electron chi connectivity index (χ2n) is 7.30. The molecule has 0 spiro atoms. The van der Waals surface area contributed by atoms with Crippen molar-refractivity contribution in [3.05, 3.63) is 94.5 Å². The van der Waals surface area contributed by atoms with Gasteiger partial charge in [-0.3, -0.25) is 4.79 Å². The first-order chi connectivity index (χ1) is 15.5. The number of nitrogens with one attached hydrogen (secondary N) is 1. The van der Waals surface area contributed by atoms with Gasteiger partial charge in [-0.05, 0) is 55.0 Å². The first-order valence-electron chi connectivity index (χ1n) is 9.74. The summed E-state index contributed by atoms with van der Waals surface area (Å²) in [5.41, 5.74) is 0.616. The van der Waals surface area contributed by atoms with Crippen LogP contribution in [-0.4, -0.2) is 25.2 Å². The summed E-state index contributed by atoms with van der Waals surface area (Å²) in [6.07, 6.45) is -4.50. The average Bonchev–Trinajstić information content (AvgIpc) is 2.75. The maximum absolute atomic E-state index is 13.3. The first-order valence-corrected chi connectivity index (χ1v) is 11.6. The van der Waals surface area contributed by atoms with Crippen LogP contribution in [0.25, 0.3) is 0 Å². The highest BCUT2D eigenvalue weighted by molar-refractivity contribution is 7.89. The van der Waals surface area contributed by atoms with Gasteiger partial charge >= 0.3 is 6.18 Å². The molecule has 5 nitrogen and oxygen atoms in total. The van der Waals surface area contributed by atoms with E-state index in [0.29, 0.717) is 10.6 Å². The van der Waals surface area contributed by atoms with E-state index in [4.69, 9.17) is 11.6 Å². The van der Waals surface area contributed by atoms with E-state index >= 15 is 0 Å². The van der Waals surface area contributed by atoms with Gasteiger partial charge in [0.05, 0.1) is 17.0 Å². The van der Waals surface area contributed by atoms with E-state index in [1.807, 2.05) is 6.92 Å². The molecule has 0 unspecified atom stereocenters. The zero-order valence-electron chi connectivity index (χ0n) is 17.4. The standard InChI is InChI=1S/C23H20ClF3N2O3S/c1-16-6-12-20(13-7-16)33(31,32)29(14-17-4-2-3-5-21(17)24)15-22(30)28-19-10-8-18(9-11-19)23(25,26)27/h2-13H,14-15H2,1H3,(H,28,30). The Balaban J connectivity index is 1.85. The molecule has 3 aromatic rings. The SMILES string of the molecule is Cc1ccc(S(=O)(=O)N(CC(=O)Nc2ccc(C(F)(F)F)cc2)Cc2ccccc2Cl)cc1. The Kier molecular flexibility index (Phi) is 7.46. The van der Waals surface area contributed by atoms with Gasteiger partial charge in [-0.25, -0.2) is 8.42 Å². The highest BCUT2D eigenvalue weighted by Crippen LogP contribution is 2.30. The van der Waals surface area contributed by atoms with Crippen LogP contribution in [0.15, 0.2) is 77.7 Å². The molecule has 0 radical (unpaired) electrons. The van der Waals surface area contributed by atoms with Crippen LogP contribution in [0.3, 0.4) is 0 Å². The lowest BCUT2D eigenvalue weighted by Gasteiger charge is -2.22. The van der Waals surface area contributed by atoms with Gasteiger partial charge in [0, 0.05) is 17.3 Å². The number of alkyl halides is 3. The van der Waals surface area contributed by atoms with Crippen molar-refractivity contribution < 1.29 is 26.4 Å². The average molecular weight is 497 g/mol. The molecule has 0 aliphatic carbocycles. The summed E-state index contributed by atoms with van der Waals surface area (Å²) in [4.78, 5) is 12.6. The Morgan fingerprint density at radius 2 is 1.58 bits per heavy atom. The van der Waals surface area contributed by atoms with E-state index < -0.39 is 34.2 Å². The zero-order chi connectivity index (χ0) is 24.2. The third-order valence-corrected chi connectivity index (χ3v) is 6.95. The molecule has 0 bridgehead atoms. The van der Waals surface area contributed by atoms with Crippen LogP contribution >= 0.6 is 11.6 Å². The molecule has 0 saturated heterocycles. The zero-order valence-corrected chi connectivity index (χ0v) is 19.0. The summed E-state index contributed by atoms with van der Waals surface area (Å²) >= 11 is 6.19. The molecular weight excluding hydrogens is 477 g/mol. The molecule has 33 heavy (non-hydrogen) atoms. The molecule has 0 fully saturated rings. The molecule has 10 heteroatoms. The second kappa shape index (κ2) is 9.94. The van der Waals surface area contributed by atoms with Gasteiger partial charge in [-0.1, -0.05) is 47.5 Å². The molecule has 0 aromatic heterocycles. The van der Waals surface area contributed by atoms with Crippen molar-refractivity contribution in [2.75, 3.05) is 11.9 Å². The normalized spacial score (nSPS) is 12.1. The predicted octanol–water partition coefficient (Wildman–Crippen LogP) is 5.50. The highest BCUT2D eigenvalue weighted by atomic mass is 35.5. The van der Waals surface area contributed by atoms with Crippen LogP contribution in [0.4, 0.5) is 18.9 Å². The Labute approximate surface area is 194 Å². The van der Waals surface area contributed by atoms with Gasteiger partial charge < -0.3 is 5.32 Å². The van der Waals surface area contributed by atoms with E-state index in [9.17, 15) is 26.4 Å². The van der Waals surface area contributed by atoms with Crippen molar-refractivity contribution in [2.24, 2.45) is 0 Å². The van der Waals surface area contributed by atoms with E-state index in [-0.39, 0.29) is 17.1 Å². The van der Waals surface area contributed by atoms with Crippen molar-refractivity contribution >= 4 is 33.2 Å². The number of rotatable bonds is 7. The number of halogens is 4. The minimum absolute atomic E-state index is 0.00230. The summed E-state index contributed by atoms with van der Waals surface area (Å²) in [6, 6.07) is 16.7. The maximum Gasteiger partial charge on any atom is 0.416 e. The lowest BCUT2D eigenvalue weighted by molar-refractivity contribution is -0.137. The number of nitrogens with zero attached hydrogens (tertiary/aromatic N) is 1. The third kappa shape index (κ3) is 6.34. The third-order valence-electron chi connectivity index (χ3n) is 4.78. The van der Waals surface area contributed by atoms with Crippen LogP contribution in [-0.2, 0) is 27.5 Å². The number of carbonyl (C=O) groups excluding carboxylic acids is 1. The quantitative estimate of drug-likeness (QED) is 0.470. The predicted molar refractivity (Wildman–Crippen MR) is 120 cm³/mol. The molecule has 0 heterocycles. The van der Waals surface area contributed by atoms with Crippen molar-refractivity contribution in [3.63, 3.8) is 0 Å². The van der Waals surface area contributed by atoms with Gasteiger partial charge in [-0.15, -0.1) is 0 Å². The molecule has 174 valence electrons. The minimum Gasteiger partial charge on any atom is -0.325 e. The molecule has 0 atom stereocenters. The Morgan fingerprint density at radius 1 is 0.970 bits per heavy atom. The summed E-state index contributed by atoms with van der Waals surface area (Å²) in [5, 5.41) is 2.78. The fraction of sp³-hybridized carbons (Fsp3) is 0.174. The topological polar surface area (TPSA) is 66.5 Å². The lowest BCUT2D eigenvalue weighted by Crippen LogP contribution is -2.37. The fourth-order valence-corrected chi connectivity index (χ4v) is 4.57. The number of sulfonamides is 1. The largest absolute Gasteiger partial charge is 0.416 e. The summed E-state index contributed by atoms with van der Waals surface area (Å²) in [5.74, 6) is -0.711. The maximum atomic E-state index is 13.3. The number of aryl methyl sites for hydroxylation is 1. The van der Waals surface area contributed by atoms with Gasteiger partial charge in [-0.2, -0.15) is 17.5 Å². The number of benzene rings is 3. The second-order valence-corrected chi connectivity index (χ2v) is 9.65. The molecule has 1 N–H and O–H groups in total. The Morgan fingerprint density at radius 3 is 2.15 bits per heavy atom. The molecular formula is C23H20ClF3N2O3S. The Bertz CT molecular complexity index is 1230. The van der Waals surface area contributed by atoms with Crippen molar-refractivity contribution in [2.45, 2.75) is 24.5 Å². The van der Waals surface area contributed by atoms with Gasteiger partial charge in [0.15, 0.2) is 0 Å². The first kappa shape index (κ1) is 24.8. The molecule has 0 saturated carbocycles. The highest BCUT2D eigenvalue weighted by Gasteiger charge is 2.30. The molecule has 3 aromatic carbocycles. The van der Waals surface area contributed by atoms with Gasteiger partial charge in [0.1, 0.15) is 0 Å². The monoisotopic (exact) mass is 496 g/mol. The van der Waals surface area contributed by atoms with Crippen molar-refractivity contribution in [1.82, 2.24) is 4.31 Å². The number of hydrogen-bond donors (Lipinski definition) is 1. The van der Waals surface area contributed by atoms with E-state index in [1.54, 1.807) is 36.4 Å². The number of carbonyl (C=O) groups is 1. The summed E-state index contributed by atoms with van der Waals surface area (Å²) in [6.45, 7) is 1.08. The van der Waals surface area contributed by atoms with Crippen molar-refractivity contribution in [1.29, 1.82) is 0 Å². The fourth-order valence-electron chi connectivity index (χ4n) is 3.01. The van der Waals surface area contributed by atoms with E-state index in [2.05, 4.69) is 5.32 Å². The van der Waals surface area contributed by atoms with Crippen molar-refractivity contribution in [3.8, 4) is 0 Å². The van der Waals surface area contributed by atoms with Crippen LogP contribution in [0.2, 0.25) is 5.02 Å². The molecule has 0 aliphatic rings. The van der Waals surface area contributed by atoms with E-state index in [0.717, 1.165) is 34.1 Å². The van der Waals surface area contributed by atoms with Crippen LogP contribution in [0.5, 0.6) is 0 Å². The summed E-state index contributed by atoms with van der Waals surface area (Å²) < 4.78 is 65.7. The molecule has 1 amide bonds. The smallest absolute Gasteiger partial charge is 0.325 e. The number of amides is 1. The Hall–Kier alpha value is -2.88. The van der Waals surface area contributed by atoms with E-state index in [1.165, 1.54) is 12.1 Å². The summed E-state index contributed by atoms with van der Waals surface area (Å²) in [7, 11) is -4.08.